The lowest BCUT2D eigenvalue weighted by molar-refractivity contribution is 0.0995. The van der Waals surface area contributed by atoms with Gasteiger partial charge in [0, 0.05) is 14.1 Å². The zero-order valence-electron chi connectivity index (χ0n) is 6.98. The van der Waals surface area contributed by atoms with Gasteiger partial charge in [-0.25, -0.2) is 4.98 Å². The van der Waals surface area contributed by atoms with Crippen LogP contribution in [0.1, 0.15) is 10.5 Å². The van der Waals surface area contributed by atoms with E-state index in [4.69, 9.17) is 5.73 Å². The minimum atomic E-state index is -0.564. The fourth-order valence-electron chi connectivity index (χ4n) is 0.690. The van der Waals surface area contributed by atoms with E-state index in [1.807, 2.05) is 14.1 Å². The Labute approximate surface area is 70.2 Å². The smallest absolute Gasteiger partial charge is 0.268 e. The minimum Gasteiger partial charge on any atom is -0.364 e. The van der Waals surface area contributed by atoms with E-state index in [1.54, 1.807) is 11.1 Å². The van der Waals surface area contributed by atoms with Crippen LogP contribution >= 0.6 is 0 Å². The van der Waals surface area contributed by atoms with Crippen molar-refractivity contribution in [3.05, 3.63) is 18.1 Å². The topological polar surface area (TPSA) is 72.1 Å². The van der Waals surface area contributed by atoms with Gasteiger partial charge in [0.15, 0.2) is 0 Å². The molecule has 0 aromatic carbocycles. The molecule has 0 saturated carbocycles. The van der Waals surface area contributed by atoms with Crippen molar-refractivity contribution < 1.29 is 4.79 Å². The number of aromatic nitrogens is 2. The van der Waals surface area contributed by atoms with Gasteiger partial charge < -0.3 is 10.6 Å². The molecule has 1 heterocycles. The lowest BCUT2D eigenvalue weighted by Crippen LogP contribution is -2.17. The Morgan fingerprint density at radius 1 is 1.50 bits per heavy atom. The predicted octanol–water partition coefficient (Wildman–Crippen LogP) is -0.358. The SMILES string of the molecule is CN(C)c1cncc(C(N)=O)n1. The highest BCUT2D eigenvalue weighted by Gasteiger charge is 2.04. The van der Waals surface area contributed by atoms with Crippen molar-refractivity contribution in [2.24, 2.45) is 5.73 Å². The Morgan fingerprint density at radius 3 is 2.67 bits per heavy atom. The van der Waals surface area contributed by atoms with Gasteiger partial charge in [-0.1, -0.05) is 0 Å². The Balaban J connectivity index is 3.04. The average molecular weight is 166 g/mol. The number of hydrogen-bond donors (Lipinski definition) is 1. The van der Waals surface area contributed by atoms with Crippen LogP contribution < -0.4 is 10.6 Å². The molecular formula is C7H10N4O. The first-order chi connectivity index (χ1) is 5.61. The van der Waals surface area contributed by atoms with Crippen molar-refractivity contribution in [3.63, 3.8) is 0 Å². The number of rotatable bonds is 2. The van der Waals surface area contributed by atoms with Crippen LogP contribution in [0.5, 0.6) is 0 Å². The van der Waals surface area contributed by atoms with E-state index >= 15 is 0 Å². The minimum absolute atomic E-state index is 0.182. The third kappa shape index (κ3) is 1.69. The second-order valence-corrected chi connectivity index (χ2v) is 2.52. The van der Waals surface area contributed by atoms with Crippen LogP contribution in [0.3, 0.4) is 0 Å². The largest absolute Gasteiger partial charge is 0.364 e. The van der Waals surface area contributed by atoms with Gasteiger partial charge in [0.1, 0.15) is 11.5 Å². The summed E-state index contributed by atoms with van der Waals surface area (Å²) in [5.74, 6) is 0.0532. The van der Waals surface area contributed by atoms with E-state index in [0.717, 1.165) is 0 Å². The summed E-state index contributed by atoms with van der Waals surface area (Å²) in [6.45, 7) is 0. The third-order valence-electron chi connectivity index (χ3n) is 1.33. The van der Waals surface area contributed by atoms with Crippen LogP contribution in [0.15, 0.2) is 12.4 Å². The zero-order valence-corrected chi connectivity index (χ0v) is 6.98. The fraction of sp³-hybridized carbons (Fsp3) is 0.286. The Hall–Kier alpha value is -1.65. The number of carbonyl (C=O) groups is 1. The standard InChI is InChI=1S/C7H10N4O/c1-11(2)6-4-9-3-5(10-6)7(8)12/h3-4H,1-2H3,(H2,8,12). The maximum Gasteiger partial charge on any atom is 0.268 e. The van der Waals surface area contributed by atoms with E-state index in [1.165, 1.54) is 6.20 Å². The molecule has 12 heavy (non-hydrogen) atoms. The predicted molar refractivity (Wildman–Crippen MR) is 44.9 cm³/mol. The van der Waals surface area contributed by atoms with Crippen molar-refractivity contribution in [2.75, 3.05) is 19.0 Å². The maximum atomic E-state index is 10.7. The number of hydrogen-bond acceptors (Lipinski definition) is 4. The average Bonchev–Trinajstić information content (AvgIpc) is 2.04. The molecule has 0 saturated heterocycles. The molecule has 1 aromatic rings. The number of amides is 1. The molecule has 0 aliphatic rings. The lowest BCUT2D eigenvalue weighted by Gasteiger charge is -2.09. The summed E-state index contributed by atoms with van der Waals surface area (Å²) in [5.41, 5.74) is 5.20. The number of anilines is 1. The van der Waals surface area contributed by atoms with E-state index in [9.17, 15) is 4.79 Å². The Morgan fingerprint density at radius 2 is 2.17 bits per heavy atom. The molecule has 0 aliphatic carbocycles. The highest BCUT2D eigenvalue weighted by atomic mass is 16.1. The molecule has 0 bridgehead atoms. The summed E-state index contributed by atoms with van der Waals surface area (Å²) in [4.78, 5) is 20.2. The highest BCUT2D eigenvalue weighted by molar-refractivity contribution is 5.90. The van der Waals surface area contributed by atoms with Crippen LogP contribution in [0.4, 0.5) is 5.82 Å². The number of carbonyl (C=O) groups excluding carboxylic acids is 1. The normalized spacial score (nSPS) is 9.50. The lowest BCUT2D eigenvalue weighted by atomic mass is 10.4. The Kier molecular flexibility index (Phi) is 2.23. The van der Waals surface area contributed by atoms with E-state index in [-0.39, 0.29) is 5.69 Å². The highest BCUT2D eigenvalue weighted by Crippen LogP contribution is 2.04. The number of nitrogens with two attached hydrogens (primary N) is 1. The summed E-state index contributed by atoms with van der Waals surface area (Å²) in [6, 6.07) is 0. The summed E-state index contributed by atoms with van der Waals surface area (Å²) < 4.78 is 0. The van der Waals surface area contributed by atoms with Gasteiger partial charge in [-0.05, 0) is 0 Å². The van der Waals surface area contributed by atoms with Gasteiger partial charge in [0.2, 0.25) is 0 Å². The first-order valence-corrected chi connectivity index (χ1v) is 3.40. The molecule has 1 amide bonds. The van der Waals surface area contributed by atoms with Crippen molar-refractivity contribution >= 4 is 11.7 Å². The molecule has 0 radical (unpaired) electrons. The van der Waals surface area contributed by atoms with Crippen molar-refractivity contribution in [1.29, 1.82) is 0 Å². The maximum absolute atomic E-state index is 10.7. The van der Waals surface area contributed by atoms with Gasteiger partial charge in [-0.15, -0.1) is 0 Å². The summed E-state index contributed by atoms with van der Waals surface area (Å²) in [7, 11) is 3.63. The van der Waals surface area contributed by atoms with E-state index in [2.05, 4.69) is 9.97 Å². The summed E-state index contributed by atoms with van der Waals surface area (Å²) >= 11 is 0. The molecule has 5 heteroatoms. The van der Waals surface area contributed by atoms with Crippen LogP contribution in [0.2, 0.25) is 0 Å². The summed E-state index contributed by atoms with van der Waals surface area (Å²) in [6.07, 6.45) is 2.90. The van der Waals surface area contributed by atoms with Crippen LogP contribution in [0, 0.1) is 0 Å². The molecule has 0 aliphatic heterocycles. The summed E-state index contributed by atoms with van der Waals surface area (Å²) in [5, 5.41) is 0. The molecule has 0 atom stereocenters. The molecule has 1 rings (SSSR count). The third-order valence-corrected chi connectivity index (χ3v) is 1.33. The molecule has 2 N–H and O–H groups in total. The quantitative estimate of drug-likeness (QED) is 0.651. The molecule has 0 spiro atoms. The Bertz CT molecular complexity index is 297. The molecule has 1 aromatic heterocycles. The molecule has 64 valence electrons. The van der Waals surface area contributed by atoms with Gasteiger partial charge in [-0.2, -0.15) is 0 Å². The van der Waals surface area contributed by atoms with Gasteiger partial charge >= 0.3 is 0 Å². The number of nitrogens with zero attached hydrogens (tertiary/aromatic N) is 3. The molecule has 0 fully saturated rings. The number of primary amides is 1. The monoisotopic (exact) mass is 166 g/mol. The van der Waals surface area contributed by atoms with Crippen molar-refractivity contribution in [2.45, 2.75) is 0 Å². The fourth-order valence-corrected chi connectivity index (χ4v) is 0.690. The molecule has 0 unspecified atom stereocenters. The second kappa shape index (κ2) is 3.17. The van der Waals surface area contributed by atoms with Crippen LogP contribution in [0.25, 0.3) is 0 Å². The zero-order chi connectivity index (χ0) is 9.14. The van der Waals surface area contributed by atoms with Gasteiger partial charge in [0.05, 0.1) is 12.4 Å². The van der Waals surface area contributed by atoms with Crippen LogP contribution in [-0.2, 0) is 0 Å². The molecule has 5 nitrogen and oxygen atoms in total. The van der Waals surface area contributed by atoms with E-state index in [0.29, 0.717) is 5.82 Å². The van der Waals surface area contributed by atoms with E-state index < -0.39 is 5.91 Å². The molecular weight excluding hydrogens is 156 g/mol. The van der Waals surface area contributed by atoms with Crippen molar-refractivity contribution in [1.82, 2.24) is 9.97 Å². The van der Waals surface area contributed by atoms with Crippen molar-refractivity contribution in [3.8, 4) is 0 Å². The van der Waals surface area contributed by atoms with Gasteiger partial charge in [-0.3, -0.25) is 9.78 Å². The van der Waals surface area contributed by atoms with Crippen LogP contribution in [-0.4, -0.2) is 30.0 Å². The first kappa shape index (κ1) is 8.45. The van der Waals surface area contributed by atoms with Gasteiger partial charge in [0.25, 0.3) is 5.91 Å². The first-order valence-electron chi connectivity index (χ1n) is 3.40. The second-order valence-electron chi connectivity index (χ2n) is 2.52.